The van der Waals surface area contributed by atoms with E-state index in [0.29, 0.717) is 12.8 Å². The highest BCUT2D eigenvalue weighted by Crippen LogP contribution is 2.15. The molecular formula is C33H65NO4. The molecule has 0 rings (SSSR count). The molecule has 4 N–H and O–H groups in total. The monoisotopic (exact) mass is 539 g/mol. The van der Waals surface area contributed by atoms with E-state index in [1.54, 1.807) is 0 Å². The van der Waals surface area contributed by atoms with Gasteiger partial charge in [-0.05, 0) is 38.5 Å². The molecular weight excluding hydrogens is 474 g/mol. The van der Waals surface area contributed by atoms with Crippen molar-refractivity contribution < 1.29 is 20.1 Å². The van der Waals surface area contributed by atoms with Gasteiger partial charge in [0.25, 0.3) is 0 Å². The fourth-order valence-electron chi connectivity index (χ4n) is 4.98. The van der Waals surface area contributed by atoms with Crippen molar-refractivity contribution in [1.82, 2.24) is 5.32 Å². The summed E-state index contributed by atoms with van der Waals surface area (Å²) in [5.41, 5.74) is 0. The Bertz CT molecular complexity index is 525. The van der Waals surface area contributed by atoms with Gasteiger partial charge in [-0.1, -0.05) is 135 Å². The third-order valence-corrected chi connectivity index (χ3v) is 7.62. The molecule has 3 atom stereocenters. The van der Waals surface area contributed by atoms with Gasteiger partial charge >= 0.3 is 0 Å². The molecule has 0 spiro atoms. The minimum Gasteiger partial charge on any atom is -0.394 e. The van der Waals surface area contributed by atoms with E-state index in [1.165, 1.54) is 96.3 Å². The van der Waals surface area contributed by atoms with Gasteiger partial charge in [-0.15, -0.1) is 0 Å². The molecule has 0 saturated heterocycles. The van der Waals surface area contributed by atoms with Crippen LogP contribution in [0.1, 0.15) is 168 Å². The quantitative estimate of drug-likeness (QED) is 0.0570. The molecule has 3 unspecified atom stereocenters. The molecule has 0 aliphatic carbocycles. The molecule has 0 aromatic heterocycles. The van der Waals surface area contributed by atoms with Gasteiger partial charge in [0.1, 0.15) is 6.10 Å². The maximum absolute atomic E-state index is 12.3. The van der Waals surface area contributed by atoms with Crippen molar-refractivity contribution in [3.8, 4) is 0 Å². The first-order valence-electron chi connectivity index (χ1n) is 16.5. The van der Waals surface area contributed by atoms with Crippen LogP contribution in [0.15, 0.2) is 12.2 Å². The average molecular weight is 540 g/mol. The van der Waals surface area contributed by atoms with Crippen LogP contribution in [0.3, 0.4) is 0 Å². The number of allylic oxidation sites excluding steroid dienone is 2. The largest absolute Gasteiger partial charge is 0.394 e. The maximum atomic E-state index is 12.3. The molecule has 0 saturated carbocycles. The van der Waals surface area contributed by atoms with Crippen molar-refractivity contribution in [2.24, 2.45) is 0 Å². The van der Waals surface area contributed by atoms with E-state index in [-0.39, 0.29) is 12.5 Å². The van der Waals surface area contributed by atoms with Crippen molar-refractivity contribution in [2.75, 3.05) is 6.61 Å². The summed E-state index contributed by atoms with van der Waals surface area (Å²) in [6.07, 6.45) is 30.1. The second kappa shape index (κ2) is 29.1. The average Bonchev–Trinajstić information content (AvgIpc) is 2.92. The van der Waals surface area contributed by atoms with E-state index in [0.717, 1.165) is 44.9 Å². The molecule has 226 valence electrons. The second-order valence-electron chi connectivity index (χ2n) is 11.4. The predicted molar refractivity (Wildman–Crippen MR) is 162 cm³/mol. The summed E-state index contributed by atoms with van der Waals surface area (Å²) in [5, 5.41) is 33.2. The molecule has 0 aromatic carbocycles. The highest BCUT2D eigenvalue weighted by atomic mass is 16.3. The third kappa shape index (κ3) is 24.2. The molecule has 5 heteroatoms. The highest BCUT2D eigenvalue weighted by Gasteiger charge is 2.26. The summed E-state index contributed by atoms with van der Waals surface area (Å²) < 4.78 is 0. The third-order valence-electron chi connectivity index (χ3n) is 7.62. The van der Waals surface area contributed by atoms with Crippen molar-refractivity contribution in [1.29, 1.82) is 0 Å². The number of unbranched alkanes of at least 4 members (excludes halogenated alkanes) is 19. The smallest absolute Gasteiger partial charge is 0.220 e. The Balaban J connectivity index is 3.76. The molecule has 1 amide bonds. The molecule has 0 bridgehead atoms. The number of hydrogen-bond acceptors (Lipinski definition) is 4. The first kappa shape index (κ1) is 37.1. The zero-order valence-corrected chi connectivity index (χ0v) is 25.3. The van der Waals surface area contributed by atoms with Crippen molar-refractivity contribution in [3.63, 3.8) is 0 Å². The minimum atomic E-state index is -1.14. The number of aliphatic hydroxyl groups excluding tert-OH is 3. The lowest BCUT2D eigenvalue weighted by molar-refractivity contribution is -0.124. The summed E-state index contributed by atoms with van der Waals surface area (Å²) >= 11 is 0. The Labute approximate surface area is 236 Å². The van der Waals surface area contributed by atoms with Crippen LogP contribution in [0.25, 0.3) is 0 Å². The van der Waals surface area contributed by atoms with Gasteiger partial charge < -0.3 is 20.6 Å². The fraction of sp³-hybridized carbons (Fsp3) is 0.909. The Hall–Kier alpha value is -0.910. The first-order valence-corrected chi connectivity index (χ1v) is 16.5. The summed E-state index contributed by atoms with van der Waals surface area (Å²) in [5.74, 6) is -0.163. The lowest BCUT2D eigenvalue weighted by Gasteiger charge is -2.26. The van der Waals surface area contributed by atoms with Crippen LogP contribution >= 0.6 is 0 Å². The molecule has 38 heavy (non-hydrogen) atoms. The van der Waals surface area contributed by atoms with Crippen LogP contribution < -0.4 is 5.32 Å². The van der Waals surface area contributed by atoms with Crippen LogP contribution in [0.5, 0.6) is 0 Å². The van der Waals surface area contributed by atoms with Gasteiger partial charge in [0.15, 0.2) is 0 Å². The van der Waals surface area contributed by atoms with Crippen molar-refractivity contribution in [3.05, 3.63) is 12.2 Å². The topological polar surface area (TPSA) is 89.8 Å². The number of hydrogen-bond donors (Lipinski definition) is 4. The molecule has 0 radical (unpaired) electrons. The molecule has 0 heterocycles. The lowest BCUT2D eigenvalue weighted by Crippen LogP contribution is -2.50. The number of carbonyl (C=O) groups is 1. The normalized spacial score (nSPS) is 14.1. The van der Waals surface area contributed by atoms with E-state index < -0.39 is 18.2 Å². The SMILES string of the molecule is CCCCCCCC/C=C\CCCCCC(=O)NC(CO)C(O)C(O)CCCCCCCCCCCCC. The summed E-state index contributed by atoms with van der Waals surface area (Å²) in [4.78, 5) is 12.3. The van der Waals surface area contributed by atoms with Gasteiger partial charge in [-0.2, -0.15) is 0 Å². The van der Waals surface area contributed by atoms with Gasteiger partial charge in [-0.3, -0.25) is 4.79 Å². The fourth-order valence-corrected chi connectivity index (χ4v) is 4.98. The van der Waals surface area contributed by atoms with E-state index in [4.69, 9.17) is 0 Å². The number of rotatable bonds is 29. The standard InChI is InChI=1S/C33H65NO4/c1-3-5-7-9-11-13-15-16-18-20-22-24-26-28-32(37)34-30(29-35)33(38)31(36)27-25-23-21-19-17-14-12-10-8-6-4-2/h16,18,30-31,33,35-36,38H,3-15,17,19-29H2,1-2H3,(H,34,37)/b18-16-. The highest BCUT2D eigenvalue weighted by molar-refractivity contribution is 5.76. The van der Waals surface area contributed by atoms with E-state index in [2.05, 4.69) is 31.3 Å². The van der Waals surface area contributed by atoms with Gasteiger partial charge in [-0.25, -0.2) is 0 Å². The number of nitrogens with one attached hydrogen (secondary N) is 1. The first-order chi connectivity index (χ1) is 18.6. The van der Waals surface area contributed by atoms with Crippen LogP contribution in [0.2, 0.25) is 0 Å². The molecule has 0 aromatic rings. The summed E-state index contributed by atoms with van der Waals surface area (Å²) in [6.45, 7) is 4.12. The molecule has 0 aliphatic rings. The minimum absolute atomic E-state index is 0.163. The van der Waals surface area contributed by atoms with E-state index in [9.17, 15) is 20.1 Å². The summed E-state index contributed by atoms with van der Waals surface area (Å²) in [6, 6.07) is -0.810. The Kier molecular flexibility index (Phi) is 28.4. The molecule has 0 aliphatic heterocycles. The van der Waals surface area contributed by atoms with Crippen LogP contribution in [0, 0.1) is 0 Å². The zero-order valence-electron chi connectivity index (χ0n) is 25.3. The van der Waals surface area contributed by atoms with Gasteiger partial charge in [0, 0.05) is 6.42 Å². The van der Waals surface area contributed by atoms with Crippen LogP contribution in [-0.4, -0.2) is 46.1 Å². The molecule has 0 fully saturated rings. The van der Waals surface area contributed by atoms with Gasteiger partial charge in [0.2, 0.25) is 5.91 Å². The van der Waals surface area contributed by atoms with Crippen molar-refractivity contribution >= 4 is 5.91 Å². The Morgan fingerprint density at radius 1 is 0.632 bits per heavy atom. The van der Waals surface area contributed by atoms with E-state index in [1.807, 2.05) is 0 Å². The predicted octanol–water partition coefficient (Wildman–Crippen LogP) is 8.14. The number of carbonyl (C=O) groups excluding carboxylic acids is 1. The number of amides is 1. The zero-order chi connectivity index (χ0) is 28.1. The number of aliphatic hydroxyl groups is 3. The van der Waals surface area contributed by atoms with Crippen LogP contribution in [0.4, 0.5) is 0 Å². The summed E-state index contributed by atoms with van der Waals surface area (Å²) in [7, 11) is 0. The molecule has 5 nitrogen and oxygen atoms in total. The van der Waals surface area contributed by atoms with E-state index >= 15 is 0 Å². The second-order valence-corrected chi connectivity index (χ2v) is 11.4. The van der Waals surface area contributed by atoms with Crippen molar-refractivity contribution in [2.45, 2.75) is 186 Å². The van der Waals surface area contributed by atoms with Crippen LogP contribution in [-0.2, 0) is 4.79 Å². The Morgan fingerprint density at radius 3 is 1.53 bits per heavy atom. The Morgan fingerprint density at radius 2 is 1.05 bits per heavy atom. The lowest BCUT2D eigenvalue weighted by atomic mass is 9.99. The van der Waals surface area contributed by atoms with Gasteiger partial charge in [0.05, 0.1) is 18.8 Å². The maximum Gasteiger partial charge on any atom is 0.220 e.